The Balaban J connectivity index is 1.89. The Morgan fingerprint density at radius 3 is 2.52 bits per heavy atom. The zero-order valence-electron chi connectivity index (χ0n) is 12.1. The number of carbonyl (C=O) groups excluding carboxylic acids is 1. The zero-order valence-corrected chi connectivity index (χ0v) is 15.2. The van der Waals surface area contributed by atoms with Gasteiger partial charge in [0, 0.05) is 9.50 Å². The summed E-state index contributed by atoms with van der Waals surface area (Å²) in [6.45, 7) is 1.44. The van der Waals surface area contributed by atoms with Crippen molar-refractivity contribution in [3.63, 3.8) is 0 Å². The molecule has 0 aliphatic rings. The number of oxime groups is 1. The predicted molar refractivity (Wildman–Crippen MR) is 94.4 cm³/mol. The minimum atomic E-state index is -0.632. The van der Waals surface area contributed by atoms with Gasteiger partial charge < -0.3 is 9.57 Å². The Kier molecular flexibility index (Phi) is 6.45. The molecular formula is C16H12BrCl2NO3. The minimum absolute atomic E-state index is 0.307. The molecular weight excluding hydrogens is 405 g/mol. The summed E-state index contributed by atoms with van der Waals surface area (Å²) in [6.07, 6.45) is 0. The molecule has 0 aliphatic heterocycles. The standard InChI is InChI=1S/C16H12BrCl2NO3/c1-10(11-2-4-12(17)5-3-11)20-23-16(21)9-22-15-7-6-13(18)8-14(15)19/h2-8H,9H2,1H3. The zero-order chi connectivity index (χ0) is 16.8. The van der Waals surface area contributed by atoms with E-state index in [1.165, 1.54) is 6.07 Å². The van der Waals surface area contributed by atoms with E-state index in [1.807, 2.05) is 24.3 Å². The van der Waals surface area contributed by atoms with E-state index >= 15 is 0 Å². The number of carbonyl (C=O) groups is 1. The average molecular weight is 417 g/mol. The molecule has 0 saturated carbocycles. The summed E-state index contributed by atoms with van der Waals surface area (Å²) in [5.74, 6) is -0.283. The molecule has 23 heavy (non-hydrogen) atoms. The third-order valence-corrected chi connectivity index (χ3v) is 3.84. The Hall–Kier alpha value is -1.56. The number of ether oxygens (including phenoxy) is 1. The van der Waals surface area contributed by atoms with Crippen molar-refractivity contribution in [3.8, 4) is 5.75 Å². The van der Waals surface area contributed by atoms with Gasteiger partial charge in [-0.25, -0.2) is 4.79 Å². The van der Waals surface area contributed by atoms with E-state index in [0.717, 1.165) is 10.0 Å². The maximum absolute atomic E-state index is 11.7. The summed E-state index contributed by atoms with van der Waals surface area (Å²) >= 11 is 15.1. The largest absolute Gasteiger partial charge is 0.480 e. The smallest absolute Gasteiger partial charge is 0.372 e. The van der Waals surface area contributed by atoms with Crippen molar-refractivity contribution in [3.05, 3.63) is 62.5 Å². The first-order valence-corrected chi connectivity index (χ1v) is 8.09. The van der Waals surface area contributed by atoms with Crippen molar-refractivity contribution in [1.82, 2.24) is 0 Å². The SMILES string of the molecule is CC(=NOC(=O)COc1ccc(Cl)cc1Cl)c1ccc(Br)cc1. The van der Waals surface area contributed by atoms with E-state index in [2.05, 4.69) is 21.1 Å². The van der Waals surface area contributed by atoms with E-state index in [-0.39, 0.29) is 6.61 Å². The molecule has 0 fully saturated rings. The first-order valence-electron chi connectivity index (χ1n) is 6.54. The van der Waals surface area contributed by atoms with Crippen LogP contribution in [0.15, 0.2) is 52.1 Å². The molecule has 0 amide bonds. The van der Waals surface area contributed by atoms with Gasteiger partial charge in [-0.2, -0.15) is 0 Å². The second-order valence-electron chi connectivity index (χ2n) is 4.51. The van der Waals surface area contributed by atoms with Gasteiger partial charge in [-0.1, -0.05) is 56.4 Å². The van der Waals surface area contributed by atoms with Crippen LogP contribution >= 0.6 is 39.1 Å². The summed E-state index contributed by atoms with van der Waals surface area (Å²) in [4.78, 5) is 16.5. The Bertz CT molecular complexity index is 733. The molecule has 0 atom stereocenters. The normalized spacial score (nSPS) is 11.2. The van der Waals surface area contributed by atoms with E-state index in [1.54, 1.807) is 19.1 Å². The van der Waals surface area contributed by atoms with Gasteiger partial charge in [0.2, 0.25) is 0 Å². The van der Waals surface area contributed by atoms with Gasteiger partial charge in [-0.15, -0.1) is 0 Å². The third-order valence-electron chi connectivity index (χ3n) is 2.79. The summed E-state index contributed by atoms with van der Waals surface area (Å²) in [7, 11) is 0. The lowest BCUT2D eigenvalue weighted by Crippen LogP contribution is -2.13. The van der Waals surface area contributed by atoms with Gasteiger partial charge in [0.1, 0.15) is 5.75 Å². The molecule has 0 spiro atoms. The van der Waals surface area contributed by atoms with Crippen LogP contribution in [-0.2, 0) is 9.63 Å². The van der Waals surface area contributed by atoms with Crippen LogP contribution in [-0.4, -0.2) is 18.3 Å². The molecule has 0 bridgehead atoms. The Morgan fingerprint density at radius 2 is 1.87 bits per heavy atom. The molecule has 120 valence electrons. The van der Waals surface area contributed by atoms with Crippen molar-refractivity contribution in [2.24, 2.45) is 5.16 Å². The van der Waals surface area contributed by atoms with Crippen molar-refractivity contribution in [1.29, 1.82) is 0 Å². The molecule has 4 nitrogen and oxygen atoms in total. The predicted octanol–water partition coefficient (Wildman–Crippen LogP) is 5.10. The molecule has 0 N–H and O–H groups in total. The summed E-state index contributed by atoms with van der Waals surface area (Å²) < 4.78 is 6.22. The van der Waals surface area contributed by atoms with Crippen LogP contribution in [0, 0.1) is 0 Å². The number of nitrogens with zero attached hydrogens (tertiary/aromatic N) is 1. The number of benzene rings is 2. The topological polar surface area (TPSA) is 47.9 Å². The highest BCUT2D eigenvalue weighted by Gasteiger charge is 2.08. The molecule has 0 saturated heterocycles. The number of rotatable bonds is 5. The molecule has 0 heterocycles. The van der Waals surface area contributed by atoms with Crippen LogP contribution in [0.3, 0.4) is 0 Å². The molecule has 2 aromatic carbocycles. The lowest BCUT2D eigenvalue weighted by Gasteiger charge is -2.06. The molecule has 0 aliphatic carbocycles. The molecule has 2 rings (SSSR count). The fourth-order valence-corrected chi connectivity index (χ4v) is 2.35. The van der Waals surface area contributed by atoms with Crippen LogP contribution < -0.4 is 4.74 Å². The van der Waals surface area contributed by atoms with Crippen LogP contribution in [0.2, 0.25) is 10.0 Å². The lowest BCUT2D eigenvalue weighted by molar-refractivity contribution is -0.146. The number of halogens is 3. The van der Waals surface area contributed by atoms with Crippen LogP contribution in [0.1, 0.15) is 12.5 Å². The van der Waals surface area contributed by atoms with E-state index in [4.69, 9.17) is 32.8 Å². The van der Waals surface area contributed by atoms with Crippen LogP contribution in [0.4, 0.5) is 0 Å². The maximum Gasteiger partial charge on any atom is 0.372 e. The van der Waals surface area contributed by atoms with Gasteiger partial charge in [0.25, 0.3) is 0 Å². The second kappa shape index (κ2) is 8.34. The van der Waals surface area contributed by atoms with Gasteiger partial charge in [0.05, 0.1) is 10.7 Å². The van der Waals surface area contributed by atoms with Gasteiger partial charge in [-0.3, -0.25) is 0 Å². The van der Waals surface area contributed by atoms with Crippen LogP contribution in [0.25, 0.3) is 0 Å². The fraction of sp³-hybridized carbons (Fsp3) is 0.125. The first kappa shape index (κ1) is 17.8. The molecule has 2 aromatic rings. The van der Waals surface area contributed by atoms with Gasteiger partial charge >= 0.3 is 5.97 Å². The maximum atomic E-state index is 11.7. The van der Waals surface area contributed by atoms with Crippen molar-refractivity contribution >= 4 is 50.8 Å². The van der Waals surface area contributed by atoms with Crippen molar-refractivity contribution < 1.29 is 14.4 Å². The first-order chi connectivity index (χ1) is 11.0. The van der Waals surface area contributed by atoms with Gasteiger partial charge in [0.15, 0.2) is 6.61 Å². The highest BCUT2D eigenvalue weighted by molar-refractivity contribution is 9.10. The second-order valence-corrected chi connectivity index (χ2v) is 6.27. The highest BCUT2D eigenvalue weighted by atomic mass is 79.9. The molecule has 0 unspecified atom stereocenters. The minimum Gasteiger partial charge on any atom is -0.480 e. The Morgan fingerprint density at radius 1 is 1.17 bits per heavy atom. The third kappa shape index (κ3) is 5.53. The quantitative estimate of drug-likeness (QED) is 0.387. The molecule has 0 aromatic heterocycles. The Labute approximate surface area is 152 Å². The summed E-state index contributed by atoms with van der Waals surface area (Å²) in [6, 6.07) is 12.2. The summed E-state index contributed by atoms with van der Waals surface area (Å²) in [5.41, 5.74) is 1.43. The molecule has 0 radical (unpaired) electrons. The molecule has 7 heteroatoms. The number of hydrogen-bond donors (Lipinski definition) is 0. The van der Waals surface area contributed by atoms with Crippen LogP contribution in [0.5, 0.6) is 5.75 Å². The highest BCUT2D eigenvalue weighted by Crippen LogP contribution is 2.27. The summed E-state index contributed by atoms with van der Waals surface area (Å²) in [5, 5.41) is 4.60. The number of hydrogen-bond acceptors (Lipinski definition) is 4. The average Bonchev–Trinajstić information content (AvgIpc) is 2.52. The van der Waals surface area contributed by atoms with E-state index < -0.39 is 5.97 Å². The lowest BCUT2D eigenvalue weighted by atomic mass is 10.1. The fourth-order valence-electron chi connectivity index (χ4n) is 1.62. The van der Waals surface area contributed by atoms with Gasteiger partial charge in [-0.05, 0) is 42.8 Å². The van der Waals surface area contributed by atoms with Crippen molar-refractivity contribution in [2.75, 3.05) is 6.61 Å². The van der Waals surface area contributed by atoms with Crippen molar-refractivity contribution in [2.45, 2.75) is 6.92 Å². The van der Waals surface area contributed by atoms with E-state index in [9.17, 15) is 4.79 Å². The van der Waals surface area contributed by atoms with E-state index in [0.29, 0.717) is 21.5 Å². The monoisotopic (exact) mass is 415 g/mol.